The summed E-state index contributed by atoms with van der Waals surface area (Å²) in [5, 5.41) is 25.9. The maximum absolute atomic E-state index is 11.3. The molecule has 0 unspecified atom stereocenters. The van der Waals surface area contributed by atoms with Crippen LogP contribution in [-0.4, -0.2) is 38.5 Å². The van der Waals surface area contributed by atoms with Crippen molar-refractivity contribution in [1.29, 1.82) is 0 Å². The molecule has 0 aromatic carbocycles. The molecule has 112 valence electrons. The number of nitro groups is 1. The average Bonchev–Trinajstić information content (AvgIpc) is 2.61. The second-order valence-corrected chi connectivity index (χ2v) is 5.85. The SMILES string of the molecule is CCCn1nc(C)c([N+](=O)[O-])c1N1CC(O)(C(C)C)C1. The van der Waals surface area contributed by atoms with Gasteiger partial charge in [0.25, 0.3) is 0 Å². The average molecular weight is 282 g/mol. The van der Waals surface area contributed by atoms with Crippen molar-refractivity contribution in [1.82, 2.24) is 9.78 Å². The first-order valence-electron chi connectivity index (χ1n) is 6.99. The van der Waals surface area contributed by atoms with Crippen molar-refractivity contribution in [3.63, 3.8) is 0 Å². The zero-order chi connectivity index (χ0) is 15.1. The first-order valence-corrected chi connectivity index (χ1v) is 6.99. The van der Waals surface area contributed by atoms with E-state index in [1.807, 2.05) is 25.7 Å². The maximum Gasteiger partial charge on any atom is 0.333 e. The lowest BCUT2D eigenvalue weighted by atomic mass is 9.83. The molecule has 1 aliphatic heterocycles. The molecule has 0 bridgehead atoms. The number of hydrogen-bond donors (Lipinski definition) is 1. The third-order valence-corrected chi connectivity index (χ3v) is 3.99. The van der Waals surface area contributed by atoms with Crippen LogP contribution in [0.1, 0.15) is 32.9 Å². The summed E-state index contributed by atoms with van der Waals surface area (Å²) in [7, 11) is 0. The minimum atomic E-state index is -0.761. The van der Waals surface area contributed by atoms with Gasteiger partial charge < -0.3 is 10.0 Å². The maximum atomic E-state index is 11.3. The van der Waals surface area contributed by atoms with Gasteiger partial charge in [0, 0.05) is 6.54 Å². The summed E-state index contributed by atoms with van der Waals surface area (Å²) in [5.41, 5.74) is -0.272. The van der Waals surface area contributed by atoms with E-state index in [4.69, 9.17) is 0 Å². The van der Waals surface area contributed by atoms with Crippen LogP contribution in [0.2, 0.25) is 0 Å². The third kappa shape index (κ3) is 2.26. The van der Waals surface area contributed by atoms with Gasteiger partial charge in [-0.3, -0.25) is 10.1 Å². The van der Waals surface area contributed by atoms with Gasteiger partial charge in [-0.2, -0.15) is 5.10 Å². The zero-order valence-corrected chi connectivity index (χ0v) is 12.5. The van der Waals surface area contributed by atoms with Crippen molar-refractivity contribution in [3.8, 4) is 0 Å². The second-order valence-electron chi connectivity index (χ2n) is 5.85. The summed E-state index contributed by atoms with van der Waals surface area (Å²) in [6, 6.07) is 0. The van der Waals surface area contributed by atoms with Gasteiger partial charge in [0.15, 0.2) is 0 Å². The molecule has 1 saturated heterocycles. The summed E-state index contributed by atoms with van der Waals surface area (Å²) in [6.45, 7) is 9.05. The van der Waals surface area contributed by atoms with E-state index in [0.29, 0.717) is 31.1 Å². The van der Waals surface area contributed by atoms with Crippen LogP contribution in [0.3, 0.4) is 0 Å². The van der Waals surface area contributed by atoms with Crippen molar-refractivity contribution in [2.45, 2.75) is 46.3 Å². The van der Waals surface area contributed by atoms with Gasteiger partial charge in [0.1, 0.15) is 11.3 Å². The molecule has 1 aliphatic rings. The van der Waals surface area contributed by atoms with E-state index in [-0.39, 0.29) is 16.5 Å². The largest absolute Gasteiger partial charge is 0.386 e. The molecular formula is C13H22N4O3. The fraction of sp³-hybridized carbons (Fsp3) is 0.769. The van der Waals surface area contributed by atoms with E-state index in [2.05, 4.69) is 5.10 Å². The van der Waals surface area contributed by atoms with Crippen LogP contribution in [0.4, 0.5) is 11.5 Å². The van der Waals surface area contributed by atoms with Crippen molar-refractivity contribution >= 4 is 11.5 Å². The van der Waals surface area contributed by atoms with Crippen LogP contribution >= 0.6 is 0 Å². The lowest BCUT2D eigenvalue weighted by Gasteiger charge is -2.49. The molecular weight excluding hydrogens is 260 g/mol. The molecule has 20 heavy (non-hydrogen) atoms. The molecule has 7 nitrogen and oxygen atoms in total. The number of nitrogens with zero attached hydrogens (tertiary/aromatic N) is 4. The summed E-state index contributed by atoms with van der Waals surface area (Å²) in [5.74, 6) is 0.654. The highest BCUT2D eigenvalue weighted by Gasteiger charge is 2.47. The van der Waals surface area contributed by atoms with E-state index < -0.39 is 5.60 Å². The molecule has 1 fully saturated rings. The number of rotatable bonds is 5. The number of hydrogen-bond acceptors (Lipinski definition) is 5. The number of aryl methyl sites for hydroxylation is 2. The lowest BCUT2D eigenvalue weighted by Crippen LogP contribution is -2.65. The number of aliphatic hydroxyl groups is 1. The van der Waals surface area contributed by atoms with Crippen molar-refractivity contribution < 1.29 is 10.0 Å². The molecule has 2 heterocycles. The standard InChI is InChI=1S/C13H22N4O3/c1-5-6-16-12(11(17(19)20)10(4)14-16)15-7-13(18,8-15)9(2)3/h9,18H,5-8H2,1-4H3. The van der Waals surface area contributed by atoms with E-state index in [1.165, 1.54) is 0 Å². The van der Waals surface area contributed by atoms with Crippen LogP contribution in [0, 0.1) is 23.0 Å². The molecule has 0 aliphatic carbocycles. The third-order valence-electron chi connectivity index (χ3n) is 3.99. The molecule has 2 rings (SSSR count). The first-order chi connectivity index (χ1) is 9.30. The zero-order valence-electron chi connectivity index (χ0n) is 12.5. The topological polar surface area (TPSA) is 84.4 Å². The molecule has 7 heteroatoms. The lowest BCUT2D eigenvalue weighted by molar-refractivity contribution is -0.384. The van der Waals surface area contributed by atoms with Gasteiger partial charge in [-0.15, -0.1) is 0 Å². The Labute approximate surface area is 118 Å². The van der Waals surface area contributed by atoms with Gasteiger partial charge in [-0.1, -0.05) is 20.8 Å². The van der Waals surface area contributed by atoms with E-state index in [0.717, 1.165) is 6.42 Å². The Bertz CT molecular complexity index is 518. The van der Waals surface area contributed by atoms with Gasteiger partial charge in [0.2, 0.25) is 5.82 Å². The Balaban J connectivity index is 2.34. The number of aromatic nitrogens is 2. The predicted molar refractivity (Wildman–Crippen MR) is 75.9 cm³/mol. The van der Waals surface area contributed by atoms with Crippen molar-refractivity contribution in [2.75, 3.05) is 18.0 Å². The Hall–Kier alpha value is -1.63. The summed E-state index contributed by atoms with van der Waals surface area (Å²) in [6.07, 6.45) is 0.855. The molecule has 0 spiro atoms. The van der Waals surface area contributed by atoms with Gasteiger partial charge >= 0.3 is 5.69 Å². The Morgan fingerprint density at radius 1 is 1.50 bits per heavy atom. The van der Waals surface area contributed by atoms with Crippen molar-refractivity contribution in [2.24, 2.45) is 5.92 Å². The second kappa shape index (κ2) is 5.05. The Morgan fingerprint density at radius 3 is 2.55 bits per heavy atom. The first kappa shape index (κ1) is 14.8. The number of β-amino-alcohol motifs (C(OH)–C–C–N with tert-alkyl or cyclic N) is 1. The predicted octanol–water partition coefficient (Wildman–Crippen LogP) is 1.72. The van der Waals surface area contributed by atoms with E-state index >= 15 is 0 Å². The molecule has 0 saturated carbocycles. The molecule has 1 aromatic rings. The molecule has 0 atom stereocenters. The highest BCUT2D eigenvalue weighted by Crippen LogP contribution is 2.39. The quantitative estimate of drug-likeness (QED) is 0.656. The summed E-state index contributed by atoms with van der Waals surface area (Å²) >= 11 is 0. The summed E-state index contributed by atoms with van der Waals surface area (Å²) < 4.78 is 1.69. The van der Waals surface area contributed by atoms with Crippen LogP contribution in [0.15, 0.2) is 0 Å². The fourth-order valence-corrected chi connectivity index (χ4v) is 2.58. The van der Waals surface area contributed by atoms with Crippen LogP contribution < -0.4 is 4.90 Å². The highest BCUT2D eigenvalue weighted by atomic mass is 16.6. The molecule has 0 radical (unpaired) electrons. The normalized spacial score (nSPS) is 17.4. The van der Waals surface area contributed by atoms with Gasteiger partial charge in [0.05, 0.1) is 18.0 Å². The number of anilines is 1. The van der Waals surface area contributed by atoms with Crippen LogP contribution in [-0.2, 0) is 6.54 Å². The Morgan fingerprint density at radius 2 is 2.10 bits per heavy atom. The molecule has 1 aromatic heterocycles. The smallest absolute Gasteiger partial charge is 0.333 e. The van der Waals surface area contributed by atoms with Gasteiger partial charge in [-0.25, -0.2) is 4.68 Å². The van der Waals surface area contributed by atoms with Crippen LogP contribution in [0.5, 0.6) is 0 Å². The van der Waals surface area contributed by atoms with E-state index in [1.54, 1.807) is 11.6 Å². The molecule has 1 N–H and O–H groups in total. The minimum Gasteiger partial charge on any atom is -0.386 e. The highest BCUT2D eigenvalue weighted by molar-refractivity contribution is 5.63. The van der Waals surface area contributed by atoms with Crippen LogP contribution in [0.25, 0.3) is 0 Å². The fourth-order valence-electron chi connectivity index (χ4n) is 2.58. The monoisotopic (exact) mass is 282 g/mol. The van der Waals surface area contributed by atoms with Gasteiger partial charge in [-0.05, 0) is 19.3 Å². The molecule has 0 amide bonds. The summed E-state index contributed by atoms with van der Waals surface area (Å²) in [4.78, 5) is 12.7. The minimum absolute atomic E-state index is 0.0595. The Kier molecular flexibility index (Phi) is 3.73. The van der Waals surface area contributed by atoms with Crippen molar-refractivity contribution in [3.05, 3.63) is 15.8 Å². The van der Waals surface area contributed by atoms with E-state index in [9.17, 15) is 15.2 Å².